The molecule has 2 heterocycles. The Morgan fingerprint density at radius 2 is 2.29 bits per heavy atom. The van der Waals surface area contributed by atoms with Gasteiger partial charge in [0.05, 0.1) is 17.1 Å². The van der Waals surface area contributed by atoms with Gasteiger partial charge in [0.15, 0.2) is 0 Å². The van der Waals surface area contributed by atoms with Gasteiger partial charge in [-0.1, -0.05) is 29.8 Å². The molecule has 0 unspecified atom stereocenters. The number of benzene rings is 1. The van der Waals surface area contributed by atoms with Crippen LogP contribution in [-0.4, -0.2) is 23.5 Å². The number of pyridine rings is 1. The zero-order chi connectivity index (χ0) is 14.8. The van der Waals surface area contributed by atoms with Crippen LogP contribution in [0.4, 0.5) is 5.82 Å². The lowest BCUT2D eigenvalue weighted by molar-refractivity contribution is 0.1000. The number of anilines is 1. The maximum absolute atomic E-state index is 11.0. The molecule has 2 aromatic rings. The molecule has 1 aliphatic heterocycles. The van der Waals surface area contributed by atoms with Crippen LogP contribution in [-0.2, 0) is 6.42 Å². The Balaban J connectivity index is 1.63. The van der Waals surface area contributed by atoms with Gasteiger partial charge in [0.2, 0.25) is 5.91 Å². The van der Waals surface area contributed by atoms with E-state index < -0.39 is 5.91 Å². The minimum absolute atomic E-state index is 0.0380. The van der Waals surface area contributed by atoms with Gasteiger partial charge in [-0.05, 0) is 17.7 Å². The monoisotopic (exact) mass is 303 g/mol. The number of rotatable bonds is 4. The fourth-order valence-electron chi connectivity index (χ4n) is 2.28. The molecule has 1 aromatic heterocycles. The number of primary amides is 1. The van der Waals surface area contributed by atoms with Crippen molar-refractivity contribution in [3.63, 3.8) is 0 Å². The van der Waals surface area contributed by atoms with Crippen molar-refractivity contribution in [2.45, 2.75) is 12.5 Å². The summed E-state index contributed by atoms with van der Waals surface area (Å²) in [5.41, 5.74) is 6.67. The van der Waals surface area contributed by atoms with Crippen molar-refractivity contribution in [2.24, 2.45) is 5.73 Å². The first-order valence-corrected chi connectivity index (χ1v) is 6.95. The number of halogens is 1. The van der Waals surface area contributed by atoms with Crippen LogP contribution in [0, 0.1) is 0 Å². The number of carbonyl (C=O) groups is 1. The Morgan fingerprint density at radius 3 is 3.00 bits per heavy atom. The SMILES string of the molecule is NC(=O)c1cnc(NC[C@H]2Cc3ccccc3O2)c(Cl)c1. The molecule has 0 fully saturated rings. The summed E-state index contributed by atoms with van der Waals surface area (Å²) in [6, 6.07) is 9.47. The number of amides is 1. The standard InChI is InChI=1S/C15H14ClN3O2/c16-12-6-10(14(17)20)7-18-15(12)19-8-11-5-9-3-1-2-4-13(9)21-11/h1-4,6-7,11H,5,8H2,(H2,17,20)(H,18,19)/t11-/m1/s1. The maximum atomic E-state index is 11.0. The van der Waals surface area contributed by atoms with Crippen LogP contribution in [0.3, 0.4) is 0 Å². The number of hydrogen-bond donors (Lipinski definition) is 2. The van der Waals surface area contributed by atoms with Crippen molar-refractivity contribution in [2.75, 3.05) is 11.9 Å². The summed E-state index contributed by atoms with van der Waals surface area (Å²) >= 11 is 6.07. The van der Waals surface area contributed by atoms with Crippen LogP contribution < -0.4 is 15.8 Å². The molecule has 0 saturated carbocycles. The molecular formula is C15H14ClN3O2. The number of nitrogens with zero attached hydrogens (tertiary/aromatic N) is 1. The van der Waals surface area contributed by atoms with E-state index in [2.05, 4.69) is 16.4 Å². The first-order chi connectivity index (χ1) is 10.1. The van der Waals surface area contributed by atoms with Gasteiger partial charge in [0.1, 0.15) is 17.7 Å². The van der Waals surface area contributed by atoms with Crippen LogP contribution in [0.15, 0.2) is 36.5 Å². The summed E-state index contributed by atoms with van der Waals surface area (Å²) in [6.07, 6.45) is 2.29. The van der Waals surface area contributed by atoms with Gasteiger partial charge >= 0.3 is 0 Å². The fourth-order valence-corrected chi connectivity index (χ4v) is 2.51. The van der Waals surface area contributed by atoms with E-state index >= 15 is 0 Å². The highest BCUT2D eigenvalue weighted by atomic mass is 35.5. The summed E-state index contributed by atoms with van der Waals surface area (Å²) in [4.78, 5) is 15.2. The third-order valence-corrected chi connectivity index (χ3v) is 3.62. The number of fused-ring (bicyclic) bond motifs is 1. The number of ether oxygens (including phenoxy) is 1. The number of aromatic nitrogens is 1. The van der Waals surface area contributed by atoms with E-state index in [0.29, 0.717) is 17.4 Å². The maximum Gasteiger partial charge on any atom is 0.250 e. The van der Waals surface area contributed by atoms with Gasteiger partial charge in [-0.25, -0.2) is 4.98 Å². The molecule has 0 saturated heterocycles. The molecule has 3 rings (SSSR count). The van der Waals surface area contributed by atoms with Crippen LogP contribution >= 0.6 is 11.6 Å². The Hall–Kier alpha value is -2.27. The molecule has 3 N–H and O–H groups in total. The van der Waals surface area contributed by atoms with Crippen molar-refractivity contribution in [1.29, 1.82) is 0 Å². The average molecular weight is 304 g/mol. The van der Waals surface area contributed by atoms with E-state index in [1.165, 1.54) is 17.8 Å². The van der Waals surface area contributed by atoms with Crippen LogP contribution in [0.5, 0.6) is 5.75 Å². The van der Waals surface area contributed by atoms with E-state index in [0.717, 1.165) is 12.2 Å². The predicted molar refractivity (Wildman–Crippen MR) is 80.8 cm³/mol. The summed E-state index contributed by atoms with van der Waals surface area (Å²) in [5, 5.41) is 3.50. The Labute approximate surface area is 127 Å². The molecule has 1 aromatic carbocycles. The molecule has 0 aliphatic carbocycles. The van der Waals surface area contributed by atoms with Crippen LogP contribution in [0.25, 0.3) is 0 Å². The number of carbonyl (C=O) groups excluding carboxylic acids is 1. The van der Waals surface area contributed by atoms with E-state index in [-0.39, 0.29) is 11.7 Å². The number of nitrogens with two attached hydrogens (primary N) is 1. The largest absolute Gasteiger partial charge is 0.488 e. The first kappa shape index (κ1) is 13.7. The quantitative estimate of drug-likeness (QED) is 0.908. The Kier molecular flexibility index (Phi) is 3.66. The molecule has 21 heavy (non-hydrogen) atoms. The Morgan fingerprint density at radius 1 is 1.48 bits per heavy atom. The van der Waals surface area contributed by atoms with Crippen molar-refractivity contribution < 1.29 is 9.53 Å². The normalized spacial score (nSPS) is 16.1. The summed E-state index contributed by atoms with van der Waals surface area (Å²) < 4.78 is 5.82. The predicted octanol–water partition coefficient (Wildman–Crippen LogP) is 2.25. The van der Waals surface area contributed by atoms with Crippen LogP contribution in [0.2, 0.25) is 5.02 Å². The van der Waals surface area contributed by atoms with Gasteiger partial charge in [-0.15, -0.1) is 0 Å². The second-order valence-corrected chi connectivity index (χ2v) is 5.26. The highest BCUT2D eigenvalue weighted by molar-refractivity contribution is 6.33. The van der Waals surface area contributed by atoms with E-state index in [1.54, 1.807) is 0 Å². The zero-order valence-corrected chi connectivity index (χ0v) is 11.9. The fraction of sp³-hybridized carbons (Fsp3) is 0.200. The van der Waals surface area contributed by atoms with Gasteiger partial charge < -0.3 is 15.8 Å². The molecule has 0 radical (unpaired) electrons. The van der Waals surface area contributed by atoms with Crippen molar-refractivity contribution in [1.82, 2.24) is 4.98 Å². The highest BCUT2D eigenvalue weighted by Crippen LogP contribution is 2.28. The van der Waals surface area contributed by atoms with Crippen molar-refractivity contribution in [3.8, 4) is 5.75 Å². The molecule has 6 heteroatoms. The van der Waals surface area contributed by atoms with Gasteiger partial charge in [-0.3, -0.25) is 4.79 Å². The number of hydrogen-bond acceptors (Lipinski definition) is 4. The van der Waals surface area contributed by atoms with Gasteiger partial charge in [-0.2, -0.15) is 0 Å². The first-order valence-electron chi connectivity index (χ1n) is 6.57. The average Bonchev–Trinajstić information content (AvgIpc) is 2.88. The summed E-state index contributed by atoms with van der Waals surface area (Å²) in [5.74, 6) is 0.888. The molecular weight excluding hydrogens is 290 g/mol. The topological polar surface area (TPSA) is 77.2 Å². The second-order valence-electron chi connectivity index (χ2n) is 4.85. The smallest absolute Gasteiger partial charge is 0.250 e. The molecule has 0 bridgehead atoms. The molecule has 1 amide bonds. The minimum Gasteiger partial charge on any atom is -0.488 e. The molecule has 0 spiro atoms. The Bertz CT molecular complexity index is 665. The lowest BCUT2D eigenvalue weighted by Gasteiger charge is -2.13. The second kappa shape index (κ2) is 5.61. The molecule has 1 aliphatic rings. The molecule has 108 valence electrons. The minimum atomic E-state index is -0.550. The van der Waals surface area contributed by atoms with Crippen LogP contribution in [0.1, 0.15) is 15.9 Å². The summed E-state index contributed by atoms with van der Waals surface area (Å²) in [6.45, 7) is 0.581. The van der Waals surface area contributed by atoms with E-state index in [1.807, 2.05) is 18.2 Å². The third-order valence-electron chi connectivity index (χ3n) is 3.34. The van der Waals surface area contributed by atoms with E-state index in [9.17, 15) is 4.79 Å². The van der Waals surface area contributed by atoms with Gasteiger partial charge in [0.25, 0.3) is 0 Å². The number of nitrogens with one attached hydrogen (secondary N) is 1. The lowest BCUT2D eigenvalue weighted by atomic mass is 10.1. The highest BCUT2D eigenvalue weighted by Gasteiger charge is 2.22. The van der Waals surface area contributed by atoms with Gasteiger partial charge in [0, 0.05) is 12.6 Å². The summed E-state index contributed by atoms with van der Waals surface area (Å²) in [7, 11) is 0. The van der Waals surface area contributed by atoms with Crippen molar-refractivity contribution >= 4 is 23.3 Å². The molecule has 1 atom stereocenters. The lowest BCUT2D eigenvalue weighted by Crippen LogP contribution is -2.24. The third kappa shape index (κ3) is 2.92. The zero-order valence-electron chi connectivity index (χ0n) is 11.2. The molecule has 5 nitrogen and oxygen atoms in total. The van der Waals surface area contributed by atoms with E-state index in [4.69, 9.17) is 22.1 Å². The number of para-hydroxylation sites is 1. The van der Waals surface area contributed by atoms with Crippen molar-refractivity contribution in [3.05, 3.63) is 52.7 Å².